The van der Waals surface area contributed by atoms with Gasteiger partial charge in [0.1, 0.15) is 6.54 Å². The lowest BCUT2D eigenvalue weighted by Gasteiger charge is -2.11. The Hall–Kier alpha value is -1.51. The lowest BCUT2D eigenvalue weighted by atomic mass is 10.1. The summed E-state index contributed by atoms with van der Waals surface area (Å²) in [6, 6.07) is 6.01. The molecule has 3 heteroatoms. The Morgan fingerprint density at radius 1 is 1.35 bits per heavy atom. The molecule has 94 valence electrons. The number of unbranched alkanes of at least 4 members (excludes halogenated alkanes) is 1. The van der Waals surface area contributed by atoms with E-state index in [2.05, 4.69) is 25.2 Å². The third-order valence-corrected chi connectivity index (χ3v) is 2.79. The van der Waals surface area contributed by atoms with Gasteiger partial charge in [-0.05, 0) is 37.5 Å². The third kappa shape index (κ3) is 4.47. The van der Waals surface area contributed by atoms with E-state index < -0.39 is 0 Å². The predicted octanol–water partition coefficient (Wildman–Crippen LogP) is 3.06. The molecule has 0 fully saturated rings. The molecular weight excluding hydrogens is 214 g/mol. The van der Waals surface area contributed by atoms with Crippen LogP contribution in [0.3, 0.4) is 0 Å². The molecule has 3 nitrogen and oxygen atoms in total. The van der Waals surface area contributed by atoms with E-state index in [4.69, 9.17) is 4.74 Å². The maximum Gasteiger partial charge on any atom is 0.325 e. The van der Waals surface area contributed by atoms with Gasteiger partial charge in [-0.3, -0.25) is 4.79 Å². The Morgan fingerprint density at radius 2 is 2.12 bits per heavy atom. The fraction of sp³-hybridized carbons (Fsp3) is 0.500. The summed E-state index contributed by atoms with van der Waals surface area (Å²) in [4.78, 5) is 11.4. The minimum Gasteiger partial charge on any atom is -0.464 e. The smallest absolute Gasteiger partial charge is 0.325 e. The van der Waals surface area contributed by atoms with Gasteiger partial charge in [0.15, 0.2) is 0 Å². The molecule has 1 N–H and O–H groups in total. The molecule has 0 unspecified atom stereocenters. The van der Waals surface area contributed by atoms with Crippen molar-refractivity contribution in [3.8, 4) is 0 Å². The van der Waals surface area contributed by atoms with Crippen molar-refractivity contribution in [3.05, 3.63) is 29.3 Å². The SMILES string of the molecule is CCCCOC(=O)CNc1cccc(C)c1C. The number of carbonyl (C=O) groups excluding carboxylic acids is 1. The van der Waals surface area contributed by atoms with E-state index in [1.54, 1.807) is 0 Å². The summed E-state index contributed by atoms with van der Waals surface area (Å²) in [5.41, 5.74) is 3.39. The Labute approximate surface area is 103 Å². The van der Waals surface area contributed by atoms with Crippen LogP contribution in [-0.2, 0) is 9.53 Å². The van der Waals surface area contributed by atoms with Gasteiger partial charge in [-0.2, -0.15) is 0 Å². The number of rotatable bonds is 6. The molecule has 0 aliphatic heterocycles. The zero-order valence-corrected chi connectivity index (χ0v) is 10.9. The standard InChI is InChI=1S/C14H21NO2/c1-4-5-9-17-14(16)10-15-13-8-6-7-11(2)12(13)3/h6-8,15H,4-5,9-10H2,1-3H3. The number of benzene rings is 1. The maximum atomic E-state index is 11.4. The summed E-state index contributed by atoms with van der Waals surface area (Å²) in [5, 5.41) is 3.11. The Kier molecular flexibility index (Phi) is 5.53. The zero-order chi connectivity index (χ0) is 12.7. The van der Waals surface area contributed by atoms with Gasteiger partial charge in [0.2, 0.25) is 0 Å². The first-order valence-corrected chi connectivity index (χ1v) is 6.11. The highest BCUT2D eigenvalue weighted by Crippen LogP contribution is 2.17. The van der Waals surface area contributed by atoms with Gasteiger partial charge in [-0.1, -0.05) is 25.5 Å². The molecule has 1 aromatic carbocycles. The average molecular weight is 235 g/mol. The summed E-state index contributed by atoms with van der Waals surface area (Å²) in [6.45, 7) is 6.92. The first-order valence-electron chi connectivity index (χ1n) is 6.11. The van der Waals surface area contributed by atoms with E-state index in [1.807, 2.05) is 19.1 Å². The zero-order valence-electron chi connectivity index (χ0n) is 10.9. The van der Waals surface area contributed by atoms with E-state index in [1.165, 1.54) is 11.1 Å². The number of ether oxygens (including phenoxy) is 1. The van der Waals surface area contributed by atoms with Crippen molar-refractivity contribution >= 4 is 11.7 Å². The summed E-state index contributed by atoms with van der Waals surface area (Å²) in [7, 11) is 0. The van der Waals surface area contributed by atoms with Crippen LogP contribution in [0.15, 0.2) is 18.2 Å². The van der Waals surface area contributed by atoms with E-state index >= 15 is 0 Å². The van der Waals surface area contributed by atoms with Crippen LogP contribution in [0.1, 0.15) is 30.9 Å². The van der Waals surface area contributed by atoms with Crippen molar-refractivity contribution in [1.29, 1.82) is 0 Å². The molecule has 0 spiro atoms. The molecule has 0 heterocycles. The minimum atomic E-state index is -0.195. The molecule has 0 saturated carbocycles. The molecule has 1 aromatic rings. The van der Waals surface area contributed by atoms with Gasteiger partial charge in [-0.15, -0.1) is 0 Å². The molecule has 0 saturated heterocycles. The van der Waals surface area contributed by atoms with Crippen molar-refractivity contribution in [3.63, 3.8) is 0 Å². The lowest BCUT2D eigenvalue weighted by molar-refractivity contribution is -0.141. The van der Waals surface area contributed by atoms with Gasteiger partial charge in [0, 0.05) is 5.69 Å². The summed E-state index contributed by atoms with van der Waals surface area (Å²) < 4.78 is 5.07. The molecule has 0 amide bonds. The van der Waals surface area contributed by atoms with Gasteiger partial charge in [-0.25, -0.2) is 0 Å². The highest BCUT2D eigenvalue weighted by molar-refractivity contribution is 5.75. The molecule has 17 heavy (non-hydrogen) atoms. The summed E-state index contributed by atoms with van der Waals surface area (Å²) in [6.07, 6.45) is 1.97. The molecule has 0 aromatic heterocycles. The van der Waals surface area contributed by atoms with Crippen LogP contribution < -0.4 is 5.32 Å². The first kappa shape index (κ1) is 13.6. The Bertz CT molecular complexity index is 374. The normalized spacial score (nSPS) is 10.1. The lowest BCUT2D eigenvalue weighted by Crippen LogP contribution is -2.17. The number of esters is 1. The highest BCUT2D eigenvalue weighted by Gasteiger charge is 2.04. The first-order chi connectivity index (χ1) is 8.15. The van der Waals surface area contributed by atoms with E-state index in [0.29, 0.717) is 6.61 Å². The Balaban J connectivity index is 2.39. The molecule has 0 aliphatic carbocycles. The van der Waals surface area contributed by atoms with Crippen LogP contribution in [-0.4, -0.2) is 19.1 Å². The quantitative estimate of drug-likeness (QED) is 0.608. The van der Waals surface area contributed by atoms with Crippen molar-refractivity contribution in [2.75, 3.05) is 18.5 Å². The monoisotopic (exact) mass is 235 g/mol. The number of nitrogens with one attached hydrogen (secondary N) is 1. The molecular formula is C14H21NO2. The Morgan fingerprint density at radius 3 is 2.82 bits per heavy atom. The van der Waals surface area contributed by atoms with E-state index in [0.717, 1.165) is 18.5 Å². The average Bonchev–Trinajstić information content (AvgIpc) is 2.31. The summed E-state index contributed by atoms with van der Waals surface area (Å²) >= 11 is 0. The molecule has 0 atom stereocenters. The van der Waals surface area contributed by atoms with Crippen LogP contribution in [0.25, 0.3) is 0 Å². The minimum absolute atomic E-state index is 0.195. The number of aryl methyl sites for hydroxylation is 1. The topological polar surface area (TPSA) is 38.3 Å². The van der Waals surface area contributed by atoms with Crippen molar-refractivity contribution in [2.45, 2.75) is 33.6 Å². The van der Waals surface area contributed by atoms with Gasteiger partial charge < -0.3 is 10.1 Å². The van der Waals surface area contributed by atoms with Gasteiger partial charge in [0.05, 0.1) is 6.61 Å². The van der Waals surface area contributed by atoms with Gasteiger partial charge in [0.25, 0.3) is 0 Å². The summed E-state index contributed by atoms with van der Waals surface area (Å²) in [5.74, 6) is -0.195. The second kappa shape index (κ2) is 6.94. The number of carbonyl (C=O) groups is 1. The van der Waals surface area contributed by atoms with Crippen molar-refractivity contribution < 1.29 is 9.53 Å². The van der Waals surface area contributed by atoms with E-state index in [-0.39, 0.29) is 12.5 Å². The predicted molar refractivity (Wildman–Crippen MR) is 70.3 cm³/mol. The van der Waals surface area contributed by atoms with Crippen LogP contribution in [0.4, 0.5) is 5.69 Å². The number of hydrogen-bond donors (Lipinski definition) is 1. The fourth-order valence-corrected chi connectivity index (χ4v) is 1.49. The van der Waals surface area contributed by atoms with Crippen LogP contribution in [0.5, 0.6) is 0 Å². The fourth-order valence-electron chi connectivity index (χ4n) is 1.49. The van der Waals surface area contributed by atoms with Gasteiger partial charge >= 0.3 is 5.97 Å². The van der Waals surface area contributed by atoms with E-state index in [9.17, 15) is 4.79 Å². The number of hydrogen-bond acceptors (Lipinski definition) is 3. The van der Waals surface area contributed by atoms with Crippen molar-refractivity contribution in [1.82, 2.24) is 0 Å². The second-order valence-electron chi connectivity index (χ2n) is 4.18. The molecule has 0 bridgehead atoms. The third-order valence-electron chi connectivity index (χ3n) is 2.79. The second-order valence-corrected chi connectivity index (χ2v) is 4.18. The van der Waals surface area contributed by atoms with Crippen LogP contribution in [0, 0.1) is 13.8 Å². The van der Waals surface area contributed by atoms with Crippen LogP contribution in [0.2, 0.25) is 0 Å². The molecule has 0 radical (unpaired) electrons. The maximum absolute atomic E-state index is 11.4. The number of anilines is 1. The highest BCUT2D eigenvalue weighted by atomic mass is 16.5. The molecule has 1 rings (SSSR count). The largest absolute Gasteiger partial charge is 0.464 e. The van der Waals surface area contributed by atoms with Crippen LogP contribution >= 0.6 is 0 Å². The molecule has 0 aliphatic rings. The van der Waals surface area contributed by atoms with Crippen molar-refractivity contribution in [2.24, 2.45) is 0 Å².